The normalized spacial score (nSPS) is 34.2. The molecule has 3 rings (SSSR count). The Bertz CT molecular complexity index is 418. The number of piperidine rings is 1. The highest BCUT2D eigenvalue weighted by atomic mass is 35.5. The molecule has 1 aromatic rings. The molecule has 15 heavy (non-hydrogen) atoms. The lowest BCUT2D eigenvalue weighted by molar-refractivity contribution is 0.363. The van der Waals surface area contributed by atoms with Crippen LogP contribution in [0.1, 0.15) is 12.0 Å². The number of hydrogen-bond donors (Lipinski definition) is 0. The predicted molar refractivity (Wildman–Crippen MR) is 63.7 cm³/mol. The van der Waals surface area contributed by atoms with E-state index in [0.717, 1.165) is 12.5 Å². The van der Waals surface area contributed by atoms with E-state index in [-0.39, 0.29) is 0 Å². The summed E-state index contributed by atoms with van der Waals surface area (Å²) in [5.41, 5.74) is 1.76. The van der Waals surface area contributed by atoms with Crippen LogP contribution >= 0.6 is 23.2 Å². The Morgan fingerprint density at radius 3 is 2.73 bits per heavy atom. The van der Waals surface area contributed by atoms with Gasteiger partial charge in [-0.25, -0.2) is 0 Å². The molecule has 1 aliphatic heterocycles. The molecule has 1 saturated heterocycles. The van der Waals surface area contributed by atoms with E-state index in [1.807, 2.05) is 12.1 Å². The average molecular weight is 242 g/mol. The first-order valence-corrected chi connectivity index (χ1v) is 6.01. The molecular formula is C12H13Cl2N. The molecule has 2 aliphatic rings. The van der Waals surface area contributed by atoms with Gasteiger partial charge >= 0.3 is 0 Å². The Kier molecular flexibility index (Phi) is 2.08. The molecule has 0 N–H and O–H groups in total. The molecule has 0 unspecified atom stereocenters. The van der Waals surface area contributed by atoms with E-state index in [9.17, 15) is 0 Å². The van der Waals surface area contributed by atoms with Gasteiger partial charge in [-0.15, -0.1) is 0 Å². The van der Waals surface area contributed by atoms with E-state index < -0.39 is 0 Å². The zero-order valence-electron chi connectivity index (χ0n) is 8.63. The molecule has 1 aromatic carbocycles. The van der Waals surface area contributed by atoms with Gasteiger partial charge in [-0.05, 0) is 37.1 Å². The summed E-state index contributed by atoms with van der Waals surface area (Å²) >= 11 is 12.0. The molecule has 3 heteroatoms. The minimum atomic E-state index is 0.392. The minimum Gasteiger partial charge on any atom is -0.305 e. The third-order valence-electron chi connectivity index (χ3n) is 3.81. The minimum absolute atomic E-state index is 0.392. The van der Waals surface area contributed by atoms with Gasteiger partial charge in [-0.1, -0.05) is 29.3 Å². The van der Waals surface area contributed by atoms with Crippen LogP contribution in [0.4, 0.5) is 0 Å². The van der Waals surface area contributed by atoms with Gasteiger partial charge < -0.3 is 4.90 Å². The number of nitrogens with zero attached hydrogens (tertiary/aromatic N) is 1. The Hall–Kier alpha value is -0.240. The highest BCUT2D eigenvalue weighted by Gasteiger charge is 2.59. The first-order chi connectivity index (χ1) is 7.12. The van der Waals surface area contributed by atoms with E-state index in [1.54, 1.807) is 0 Å². The van der Waals surface area contributed by atoms with Gasteiger partial charge in [0.15, 0.2) is 0 Å². The van der Waals surface area contributed by atoms with Crippen LogP contribution in [0.2, 0.25) is 10.0 Å². The SMILES string of the molecule is CN1C[C@@H]2C[C@]2(c2ccc(Cl)c(Cl)c2)C1. The molecule has 2 fully saturated rings. The molecular weight excluding hydrogens is 229 g/mol. The van der Waals surface area contributed by atoms with Crippen LogP contribution in [-0.4, -0.2) is 25.0 Å². The summed E-state index contributed by atoms with van der Waals surface area (Å²) in [6.07, 6.45) is 1.31. The van der Waals surface area contributed by atoms with Crippen LogP contribution in [0, 0.1) is 5.92 Å². The van der Waals surface area contributed by atoms with Crippen molar-refractivity contribution in [3.05, 3.63) is 33.8 Å². The summed E-state index contributed by atoms with van der Waals surface area (Å²) < 4.78 is 0. The van der Waals surface area contributed by atoms with Crippen molar-refractivity contribution in [2.45, 2.75) is 11.8 Å². The van der Waals surface area contributed by atoms with Crippen LogP contribution in [0.5, 0.6) is 0 Å². The molecule has 0 radical (unpaired) electrons. The number of fused-ring (bicyclic) bond motifs is 1. The fraction of sp³-hybridized carbons (Fsp3) is 0.500. The summed E-state index contributed by atoms with van der Waals surface area (Å²) in [7, 11) is 2.19. The van der Waals surface area contributed by atoms with Gasteiger partial charge in [-0.2, -0.15) is 0 Å². The van der Waals surface area contributed by atoms with Crippen LogP contribution in [0.15, 0.2) is 18.2 Å². The number of likely N-dealkylation sites (tertiary alicyclic amines) is 1. The smallest absolute Gasteiger partial charge is 0.0595 e. The molecule has 0 bridgehead atoms. The number of likely N-dealkylation sites (N-methyl/N-ethyl adjacent to an activating group) is 1. The van der Waals surface area contributed by atoms with Crippen molar-refractivity contribution in [1.29, 1.82) is 0 Å². The Morgan fingerprint density at radius 1 is 1.33 bits per heavy atom. The molecule has 1 heterocycles. The summed E-state index contributed by atoms with van der Waals surface area (Å²) in [5, 5.41) is 1.34. The van der Waals surface area contributed by atoms with Crippen molar-refractivity contribution in [3.63, 3.8) is 0 Å². The van der Waals surface area contributed by atoms with Gasteiger partial charge in [0, 0.05) is 18.5 Å². The van der Waals surface area contributed by atoms with Gasteiger partial charge in [0.05, 0.1) is 10.0 Å². The van der Waals surface area contributed by atoms with Gasteiger partial charge in [-0.3, -0.25) is 0 Å². The second-order valence-electron chi connectivity index (χ2n) is 4.88. The maximum absolute atomic E-state index is 6.06. The number of rotatable bonds is 1. The first-order valence-electron chi connectivity index (χ1n) is 5.26. The summed E-state index contributed by atoms with van der Waals surface area (Å²) in [6.45, 7) is 2.38. The van der Waals surface area contributed by atoms with Gasteiger partial charge in [0.25, 0.3) is 0 Å². The summed E-state index contributed by atoms with van der Waals surface area (Å²) in [4.78, 5) is 2.40. The summed E-state index contributed by atoms with van der Waals surface area (Å²) in [5.74, 6) is 0.833. The van der Waals surface area contributed by atoms with Crippen molar-refractivity contribution in [1.82, 2.24) is 4.90 Å². The maximum atomic E-state index is 6.06. The van der Waals surface area contributed by atoms with E-state index in [2.05, 4.69) is 18.0 Å². The van der Waals surface area contributed by atoms with Crippen LogP contribution < -0.4 is 0 Å². The molecule has 1 nitrogen and oxygen atoms in total. The zero-order chi connectivity index (χ0) is 10.6. The predicted octanol–water partition coefficient (Wildman–Crippen LogP) is 3.20. The lowest BCUT2D eigenvalue weighted by Gasteiger charge is -2.16. The molecule has 1 saturated carbocycles. The molecule has 0 spiro atoms. The number of benzene rings is 1. The van der Waals surface area contributed by atoms with Gasteiger partial charge in [0.1, 0.15) is 0 Å². The fourth-order valence-corrected chi connectivity index (χ4v) is 3.28. The van der Waals surface area contributed by atoms with Crippen molar-refractivity contribution in [3.8, 4) is 0 Å². The lowest BCUT2D eigenvalue weighted by atomic mass is 9.95. The third kappa shape index (κ3) is 1.41. The van der Waals surface area contributed by atoms with E-state index in [0.29, 0.717) is 15.5 Å². The van der Waals surface area contributed by atoms with E-state index in [1.165, 1.54) is 18.5 Å². The monoisotopic (exact) mass is 241 g/mol. The second-order valence-corrected chi connectivity index (χ2v) is 5.70. The van der Waals surface area contributed by atoms with Crippen molar-refractivity contribution < 1.29 is 0 Å². The van der Waals surface area contributed by atoms with Crippen LogP contribution in [-0.2, 0) is 5.41 Å². The zero-order valence-corrected chi connectivity index (χ0v) is 10.1. The molecule has 0 amide bonds. The second kappa shape index (κ2) is 3.13. The number of hydrogen-bond acceptors (Lipinski definition) is 1. The Labute approximate surface area is 100.0 Å². The highest BCUT2D eigenvalue weighted by molar-refractivity contribution is 6.42. The Morgan fingerprint density at radius 2 is 2.13 bits per heavy atom. The largest absolute Gasteiger partial charge is 0.305 e. The fourth-order valence-electron chi connectivity index (χ4n) is 2.99. The quantitative estimate of drug-likeness (QED) is 0.731. The first kappa shape index (κ1) is 9.95. The molecule has 2 atom stereocenters. The van der Waals surface area contributed by atoms with Crippen molar-refractivity contribution in [2.24, 2.45) is 5.92 Å². The standard InChI is InChI=1S/C12H13Cl2N/c1-15-6-9-5-12(9,7-15)8-2-3-10(13)11(14)4-8/h2-4,9H,5-7H2,1H3/t9-,12+/m0/s1. The lowest BCUT2D eigenvalue weighted by Crippen LogP contribution is -2.22. The van der Waals surface area contributed by atoms with Crippen molar-refractivity contribution >= 4 is 23.2 Å². The van der Waals surface area contributed by atoms with E-state index >= 15 is 0 Å². The summed E-state index contributed by atoms with van der Waals surface area (Å²) in [6, 6.07) is 6.10. The molecule has 0 aromatic heterocycles. The Balaban J connectivity index is 1.97. The van der Waals surface area contributed by atoms with Crippen LogP contribution in [0.3, 0.4) is 0 Å². The van der Waals surface area contributed by atoms with Crippen molar-refractivity contribution in [2.75, 3.05) is 20.1 Å². The van der Waals surface area contributed by atoms with Gasteiger partial charge in [0.2, 0.25) is 0 Å². The molecule has 80 valence electrons. The number of halogens is 2. The molecule has 1 aliphatic carbocycles. The maximum Gasteiger partial charge on any atom is 0.0595 e. The van der Waals surface area contributed by atoms with E-state index in [4.69, 9.17) is 23.2 Å². The third-order valence-corrected chi connectivity index (χ3v) is 4.55. The van der Waals surface area contributed by atoms with Crippen LogP contribution in [0.25, 0.3) is 0 Å². The highest BCUT2D eigenvalue weighted by Crippen LogP contribution is 2.59. The average Bonchev–Trinajstić information content (AvgIpc) is 2.75. The topological polar surface area (TPSA) is 3.24 Å².